The van der Waals surface area contributed by atoms with Crippen LogP contribution < -0.4 is 5.32 Å². The van der Waals surface area contributed by atoms with E-state index in [1.165, 1.54) is 24.4 Å². The molecular weight excluding hydrogens is 271 g/mol. The minimum atomic E-state index is -0.433. The molecule has 0 aromatic carbocycles. The number of aliphatic hydroxyl groups excluding tert-OH is 1. The van der Waals surface area contributed by atoms with Crippen molar-refractivity contribution in [2.45, 2.75) is 26.7 Å². The Balaban J connectivity index is 2.45. The number of hydrogen-bond acceptors (Lipinski definition) is 3. The van der Waals surface area contributed by atoms with E-state index in [2.05, 4.69) is 24.1 Å². The molecule has 1 rings (SSSR count). The van der Waals surface area contributed by atoms with Gasteiger partial charge in [-0.1, -0.05) is 13.8 Å². The molecule has 0 bridgehead atoms. The van der Waals surface area contributed by atoms with Crippen molar-refractivity contribution in [1.82, 2.24) is 10.3 Å². The van der Waals surface area contributed by atoms with Crippen LogP contribution in [0, 0.1) is 17.7 Å². The van der Waals surface area contributed by atoms with Gasteiger partial charge < -0.3 is 10.4 Å². The molecule has 1 aromatic heterocycles. The van der Waals surface area contributed by atoms with Crippen molar-refractivity contribution in [3.05, 3.63) is 35.9 Å². The monoisotopic (exact) mass is 294 g/mol. The first-order chi connectivity index (χ1) is 10.0. The highest BCUT2D eigenvalue weighted by molar-refractivity contribution is 5.91. The number of amides is 1. The predicted octanol–water partition coefficient (Wildman–Crippen LogP) is 2.39. The fourth-order valence-corrected chi connectivity index (χ4v) is 2.15. The first-order valence-corrected chi connectivity index (χ1v) is 7.18. The lowest BCUT2D eigenvalue weighted by atomic mass is 9.94. The van der Waals surface area contributed by atoms with Crippen molar-refractivity contribution in [2.24, 2.45) is 11.8 Å². The summed E-state index contributed by atoms with van der Waals surface area (Å²) in [5.74, 6) is 0.124. The number of pyridine rings is 1. The zero-order valence-electron chi connectivity index (χ0n) is 12.6. The van der Waals surface area contributed by atoms with Crippen molar-refractivity contribution < 1.29 is 14.3 Å². The standard InChI is InChI=1S/C16H23FN2O2/c1-12(2)7-14(5-6-20)10-19-16(21)4-3-13-8-15(17)11-18-9-13/h3-4,8-9,11-12,14,20H,5-7,10H2,1-2H3,(H,19,21)/b4-3+. The summed E-state index contributed by atoms with van der Waals surface area (Å²) < 4.78 is 12.9. The molecule has 1 atom stereocenters. The summed E-state index contributed by atoms with van der Waals surface area (Å²) in [4.78, 5) is 15.4. The Morgan fingerprint density at radius 1 is 1.48 bits per heavy atom. The van der Waals surface area contributed by atoms with Gasteiger partial charge in [-0.05, 0) is 42.4 Å². The first-order valence-electron chi connectivity index (χ1n) is 7.18. The lowest BCUT2D eigenvalue weighted by Crippen LogP contribution is -2.29. The molecule has 0 aliphatic heterocycles. The fourth-order valence-electron chi connectivity index (χ4n) is 2.15. The van der Waals surface area contributed by atoms with Crippen LogP contribution in [0.3, 0.4) is 0 Å². The molecule has 0 saturated carbocycles. The maximum atomic E-state index is 12.9. The van der Waals surface area contributed by atoms with E-state index >= 15 is 0 Å². The molecule has 2 N–H and O–H groups in total. The number of aliphatic hydroxyl groups is 1. The second-order valence-electron chi connectivity index (χ2n) is 5.52. The molecule has 21 heavy (non-hydrogen) atoms. The third-order valence-electron chi connectivity index (χ3n) is 3.06. The molecule has 1 unspecified atom stereocenters. The topological polar surface area (TPSA) is 62.2 Å². The van der Waals surface area contributed by atoms with Gasteiger partial charge in [0.2, 0.25) is 5.91 Å². The molecule has 0 fully saturated rings. The molecular formula is C16H23FN2O2. The Hall–Kier alpha value is -1.75. The molecule has 1 aromatic rings. The highest BCUT2D eigenvalue weighted by Gasteiger charge is 2.11. The van der Waals surface area contributed by atoms with Crippen LogP contribution in [-0.4, -0.2) is 29.1 Å². The van der Waals surface area contributed by atoms with Crippen molar-refractivity contribution in [3.8, 4) is 0 Å². The fraction of sp³-hybridized carbons (Fsp3) is 0.500. The van der Waals surface area contributed by atoms with Gasteiger partial charge in [0.15, 0.2) is 0 Å². The minimum Gasteiger partial charge on any atom is -0.396 e. The van der Waals surface area contributed by atoms with Crippen LogP contribution in [0.25, 0.3) is 6.08 Å². The molecule has 0 aliphatic rings. The van der Waals surface area contributed by atoms with Crippen LogP contribution in [0.1, 0.15) is 32.3 Å². The van der Waals surface area contributed by atoms with Gasteiger partial charge in [-0.15, -0.1) is 0 Å². The highest BCUT2D eigenvalue weighted by atomic mass is 19.1. The number of hydrogen-bond donors (Lipinski definition) is 2. The van der Waals surface area contributed by atoms with E-state index in [-0.39, 0.29) is 18.4 Å². The number of halogens is 1. The summed E-state index contributed by atoms with van der Waals surface area (Å²) in [5.41, 5.74) is 0.541. The average Bonchev–Trinajstić information content (AvgIpc) is 2.42. The largest absolute Gasteiger partial charge is 0.396 e. The maximum Gasteiger partial charge on any atom is 0.244 e. The molecule has 1 heterocycles. The van der Waals surface area contributed by atoms with Gasteiger partial charge in [-0.25, -0.2) is 4.39 Å². The van der Waals surface area contributed by atoms with Gasteiger partial charge in [0, 0.05) is 25.4 Å². The summed E-state index contributed by atoms with van der Waals surface area (Å²) >= 11 is 0. The minimum absolute atomic E-state index is 0.123. The molecule has 0 spiro atoms. The summed E-state index contributed by atoms with van der Waals surface area (Å²) in [6.45, 7) is 4.88. The molecule has 116 valence electrons. The summed E-state index contributed by atoms with van der Waals surface area (Å²) in [6, 6.07) is 1.31. The van der Waals surface area contributed by atoms with Crippen LogP contribution in [0.2, 0.25) is 0 Å². The summed E-state index contributed by atoms with van der Waals surface area (Å²) in [5, 5.41) is 11.8. The molecule has 0 aliphatic carbocycles. The zero-order chi connectivity index (χ0) is 15.7. The second kappa shape index (κ2) is 9.23. The highest BCUT2D eigenvalue weighted by Crippen LogP contribution is 2.14. The van der Waals surface area contributed by atoms with Crippen molar-refractivity contribution in [2.75, 3.05) is 13.2 Å². The number of nitrogens with zero attached hydrogens (tertiary/aromatic N) is 1. The number of aromatic nitrogens is 1. The summed E-state index contributed by atoms with van der Waals surface area (Å²) in [7, 11) is 0. The molecule has 0 saturated heterocycles. The van der Waals surface area contributed by atoms with Gasteiger partial charge in [-0.3, -0.25) is 9.78 Å². The Bertz CT molecular complexity index is 475. The second-order valence-corrected chi connectivity index (χ2v) is 5.52. The van der Waals surface area contributed by atoms with Gasteiger partial charge in [0.1, 0.15) is 5.82 Å². The SMILES string of the molecule is CC(C)CC(CCO)CNC(=O)/C=C/c1cncc(F)c1. The van der Waals surface area contributed by atoms with Crippen LogP contribution in [0.15, 0.2) is 24.5 Å². The quantitative estimate of drug-likeness (QED) is 0.724. The van der Waals surface area contributed by atoms with E-state index in [0.717, 1.165) is 12.6 Å². The lowest BCUT2D eigenvalue weighted by molar-refractivity contribution is -0.116. The Morgan fingerprint density at radius 3 is 2.86 bits per heavy atom. The average molecular weight is 294 g/mol. The Morgan fingerprint density at radius 2 is 2.24 bits per heavy atom. The van der Waals surface area contributed by atoms with E-state index in [1.54, 1.807) is 0 Å². The Labute approximate surface area is 125 Å². The molecule has 4 nitrogen and oxygen atoms in total. The number of rotatable bonds is 8. The smallest absolute Gasteiger partial charge is 0.244 e. The van der Waals surface area contributed by atoms with Crippen LogP contribution >= 0.6 is 0 Å². The normalized spacial score (nSPS) is 12.8. The molecule has 1 amide bonds. The first kappa shape index (κ1) is 17.3. The van der Waals surface area contributed by atoms with E-state index < -0.39 is 5.82 Å². The molecule has 5 heteroatoms. The number of carbonyl (C=O) groups is 1. The zero-order valence-corrected chi connectivity index (χ0v) is 12.6. The maximum absolute atomic E-state index is 12.9. The summed E-state index contributed by atoms with van der Waals surface area (Å²) in [6.07, 6.45) is 7.12. The van der Waals surface area contributed by atoms with Gasteiger partial charge in [0.25, 0.3) is 0 Å². The van der Waals surface area contributed by atoms with E-state index in [9.17, 15) is 9.18 Å². The van der Waals surface area contributed by atoms with Crippen molar-refractivity contribution >= 4 is 12.0 Å². The van der Waals surface area contributed by atoms with Crippen LogP contribution in [-0.2, 0) is 4.79 Å². The van der Waals surface area contributed by atoms with Crippen molar-refractivity contribution in [1.29, 1.82) is 0 Å². The van der Waals surface area contributed by atoms with Gasteiger partial charge in [-0.2, -0.15) is 0 Å². The Kier molecular flexibility index (Phi) is 7.61. The third-order valence-corrected chi connectivity index (χ3v) is 3.06. The third kappa shape index (κ3) is 7.56. The number of carbonyl (C=O) groups excluding carboxylic acids is 1. The van der Waals surface area contributed by atoms with E-state index in [1.807, 2.05) is 0 Å². The van der Waals surface area contributed by atoms with Crippen LogP contribution in [0.5, 0.6) is 0 Å². The lowest BCUT2D eigenvalue weighted by Gasteiger charge is -2.18. The van der Waals surface area contributed by atoms with E-state index in [4.69, 9.17) is 5.11 Å². The van der Waals surface area contributed by atoms with Gasteiger partial charge >= 0.3 is 0 Å². The van der Waals surface area contributed by atoms with E-state index in [0.29, 0.717) is 24.4 Å². The number of nitrogens with one attached hydrogen (secondary N) is 1. The van der Waals surface area contributed by atoms with Gasteiger partial charge in [0.05, 0.1) is 6.20 Å². The molecule has 0 radical (unpaired) electrons. The van der Waals surface area contributed by atoms with Crippen LogP contribution in [0.4, 0.5) is 4.39 Å². The predicted molar refractivity (Wildman–Crippen MR) is 80.9 cm³/mol. The van der Waals surface area contributed by atoms with Crippen molar-refractivity contribution in [3.63, 3.8) is 0 Å².